The van der Waals surface area contributed by atoms with Crippen LogP contribution < -0.4 is 14.0 Å². The Hall–Kier alpha value is -0.150. The molecule has 0 radical (unpaired) electrons. The molecule has 0 aliphatic heterocycles. The molecule has 0 spiro atoms. The highest BCUT2D eigenvalue weighted by Gasteiger charge is 2.45. The molecule has 0 bridgehead atoms. The van der Waals surface area contributed by atoms with Gasteiger partial charge in [-0.2, -0.15) is 14.0 Å². The SMILES string of the molecule is COP(=O)(CS(C)(O[Cl+3]([O-])([O-])[O-])c1ccccc1)OC. The van der Waals surface area contributed by atoms with Crippen molar-refractivity contribution >= 4 is 17.9 Å². The molecule has 0 heterocycles. The summed E-state index contributed by atoms with van der Waals surface area (Å²) >= 11 is 0. The fourth-order valence-corrected chi connectivity index (χ4v) is 8.40. The molecule has 0 saturated heterocycles. The minimum absolute atomic E-state index is 0.342. The third-order valence-corrected chi connectivity index (χ3v) is 9.77. The van der Waals surface area contributed by atoms with Crippen molar-refractivity contribution in [2.45, 2.75) is 4.90 Å². The quantitative estimate of drug-likeness (QED) is 0.625. The monoisotopic (exact) mass is 346 g/mol. The topological polar surface area (TPSA) is 114 Å². The first-order chi connectivity index (χ1) is 9.14. The number of hydrogen-bond donors (Lipinski definition) is 0. The van der Waals surface area contributed by atoms with Gasteiger partial charge in [0, 0.05) is 25.4 Å². The third-order valence-electron chi connectivity index (χ3n) is 2.42. The summed E-state index contributed by atoms with van der Waals surface area (Å²) in [6.45, 7) is 0. The van der Waals surface area contributed by atoms with Gasteiger partial charge >= 0.3 is 7.60 Å². The number of hydrogen-bond acceptors (Lipinski definition) is 7. The van der Waals surface area contributed by atoms with Gasteiger partial charge < -0.3 is 9.05 Å². The van der Waals surface area contributed by atoms with Gasteiger partial charge in [-0.25, -0.2) is 0 Å². The van der Waals surface area contributed by atoms with Crippen LogP contribution >= 0.6 is 17.9 Å². The zero-order valence-electron chi connectivity index (χ0n) is 11.2. The van der Waals surface area contributed by atoms with E-state index in [0.29, 0.717) is 4.90 Å². The maximum atomic E-state index is 12.2. The highest BCUT2D eigenvalue weighted by molar-refractivity contribution is 8.32. The van der Waals surface area contributed by atoms with Crippen LogP contribution in [0.5, 0.6) is 0 Å². The van der Waals surface area contributed by atoms with E-state index in [2.05, 4.69) is 3.74 Å². The molecule has 0 aliphatic carbocycles. The Bertz CT molecular complexity index is 472. The van der Waals surface area contributed by atoms with Gasteiger partial charge in [0.1, 0.15) is 9.23 Å². The Morgan fingerprint density at radius 3 is 2.05 bits per heavy atom. The summed E-state index contributed by atoms with van der Waals surface area (Å²) in [5.41, 5.74) is -0.342. The summed E-state index contributed by atoms with van der Waals surface area (Å²) in [7, 11) is -8.55. The zero-order valence-corrected chi connectivity index (χ0v) is 13.7. The first kappa shape index (κ1) is 17.9. The Labute approximate surface area is 121 Å². The van der Waals surface area contributed by atoms with Crippen molar-refractivity contribution in [3.63, 3.8) is 0 Å². The van der Waals surface area contributed by atoms with E-state index in [1.807, 2.05) is 0 Å². The summed E-state index contributed by atoms with van der Waals surface area (Å²) in [5, 5.41) is 0. The molecule has 10 heteroatoms. The van der Waals surface area contributed by atoms with Gasteiger partial charge in [-0.3, -0.25) is 4.57 Å². The molecule has 0 N–H and O–H groups in total. The molecule has 0 fully saturated rings. The highest BCUT2D eigenvalue weighted by Crippen LogP contribution is 2.66. The second kappa shape index (κ2) is 6.74. The Balaban J connectivity index is 3.18. The van der Waals surface area contributed by atoms with Crippen LogP contribution in [-0.2, 0) is 17.3 Å². The van der Waals surface area contributed by atoms with Crippen LogP contribution in [0.15, 0.2) is 35.2 Å². The smallest absolute Gasteiger partial charge is 0.311 e. The third kappa shape index (κ3) is 5.00. The summed E-state index contributed by atoms with van der Waals surface area (Å²) in [6, 6.07) is 8.21. The first-order valence-corrected chi connectivity index (χ1v) is 10.4. The first-order valence-electron chi connectivity index (χ1n) is 5.28. The molecular formula is C10H16ClO7PS. The Morgan fingerprint density at radius 2 is 1.65 bits per heavy atom. The molecule has 0 aliphatic rings. The van der Waals surface area contributed by atoms with Gasteiger partial charge in [0.25, 0.3) is 0 Å². The van der Waals surface area contributed by atoms with Crippen molar-refractivity contribution in [2.24, 2.45) is 0 Å². The molecular weight excluding hydrogens is 331 g/mol. The van der Waals surface area contributed by atoms with Crippen molar-refractivity contribution in [3.05, 3.63) is 30.3 Å². The molecule has 0 aromatic heterocycles. The lowest BCUT2D eigenvalue weighted by Gasteiger charge is -2.32. The van der Waals surface area contributed by atoms with Gasteiger partial charge in [-0.05, 0) is 12.1 Å². The lowest BCUT2D eigenvalue weighted by Crippen LogP contribution is -2.61. The Kier molecular flexibility index (Phi) is 6.03. The van der Waals surface area contributed by atoms with E-state index in [9.17, 15) is 18.5 Å². The summed E-state index contributed by atoms with van der Waals surface area (Å²) in [4.78, 5) is 0.446. The fraction of sp³-hybridized carbons (Fsp3) is 0.400. The zero-order chi connectivity index (χ0) is 15.4. The molecule has 1 aromatic carbocycles. The van der Waals surface area contributed by atoms with Crippen molar-refractivity contribution < 1.29 is 41.6 Å². The highest BCUT2D eigenvalue weighted by atomic mass is 35.7. The average molecular weight is 347 g/mol. The minimum Gasteiger partial charge on any atom is -0.311 e. The largest absolute Gasteiger partial charge is 0.341 e. The summed E-state index contributed by atoms with van der Waals surface area (Å²) in [5.74, 6) is 0. The van der Waals surface area contributed by atoms with Gasteiger partial charge in [-0.1, -0.05) is 18.2 Å². The van der Waals surface area contributed by atoms with E-state index in [0.717, 1.165) is 0 Å². The van der Waals surface area contributed by atoms with E-state index in [4.69, 9.17) is 9.05 Å². The normalized spacial score (nSPS) is 17.5. The number of benzene rings is 1. The second-order valence-corrected chi connectivity index (χ2v) is 10.6. The van der Waals surface area contributed by atoms with Crippen LogP contribution in [-0.4, -0.2) is 26.0 Å². The molecule has 1 unspecified atom stereocenters. The molecule has 0 amide bonds. The van der Waals surface area contributed by atoms with E-state index in [1.54, 1.807) is 30.3 Å². The van der Waals surface area contributed by atoms with Crippen LogP contribution in [0.25, 0.3) is 0 Å². The van der Waals surface area contributed by atoms with Crippen LogP contribution in [0.2, 0.25) is 0 Å². The van der Waals surface area contributed by atoms with Crippen LogP contribution in [0.4, 0.5) is 0 Å². The molecule has 1 atom stereocenters. The standard InChI is InChI=1S/C10H16ClO7PS/c1-16-19(15,17-2)9-20(3,18-11(12,13)14)10-7-5-4-6-8-10/h4-8H,9H2,1-3H3. The van der Waals surface area contributed by atoms with Crippen LogP contribution in [0.1, 0.15) is 0 Å². The van der Waals surface area contributed by atoms with Crippen molar-refractivity contribution in [1.29, 1.82) is 0 Å². The van der Waals surface area contributed by atoms with Crippen molar-refractivity contribution in [2.75, 3.05) is 26.0 Å². The predicted octanol–water partition coefficient (Wildman–Crippen LogP) is -0.248. The van der Waals surface area contributed by atoms with Gasteiger partial charge in [-0.15, -0.1) is 0 Å². The van der Waals surface area contributed by atoms with E-state index in [-0.39, 0.29) is 5.49 Å². The summed E-state index contributed by atoms with van der Waals surface area (Å²) in [6.07, 6.45) is 1.41. The Morgan fingerprint density at radius 1 is 1.15 bits per heavy atom. The molecule has 1 aromatic rings. The van der Waals surface area contributed by atoms with Crippen LogP contribution in [0.3, 0.4) is 0 Å². The van der Waals surface area contributed by atoms with Crippen molar-refractivity contribution in [1.82, 2.24) is 0 Å². The molecule has 7 nitrogen and oxygen atoms in total. The average Bonchev–Trinajstić information content (AvgIpc) is 2.37. The second-order valence-electron chi connectivity index (χ2n) is 3.86. The van der Waals surface area contributed by atoms with E-state index < -0.39 is 28.1 Å². The molecule has 116 valence electrons. The van der Waals surface area contributed by atoms with Gasteiger partial charge in [0.05, 0.1) is 20.6 Å². The van der Waals surface area contributed by atoms with Gasteiger partial charge in [0.15, 0.2) is 0 Å². The maximum Gasteiger partial charge on any atom is 0.341 e. The predicted molar refractivity (Wildman–Crippen MR) is 65.8 cm³/mol. The lowest BCUT2D eigenvalue weighted by molar-refractivity contribution is -1.91. The summed E-state index contributed by atoms with van der Waals surface area (Å²) < 4.78 is 59.2. The number of halogens is 1. The van der Waals surface area contributed by atoms with Crippen LogP contribution in [0, 0.1) is 10.2 Å². The molecule has 20 heavy (non-hydrogen) atoms. The number of rotatable bonds is 7. The van der Waals surface area contributed by atoms with E-state index in [1.165, 1.54) is 20.5 Å². The maximum absolute atomic E-state index is 12.2. The van der Waals surface area contributed by atoms with E-state index >= 15 is 0 Å². The minimum atomic E-state index is -4.67. The molecule has 1 rings (SSSR count). The molecule has 0 saturated carbocycles. The van der Waals surface area contributed by atoms with Crippen molar-refractivity contribution in [3.8, 4) is 0 Å². The lowest BCUT2D eigenvalue weighted by atomic mass is 10.4. The fourth-order valence-electron chi connectivity index (χ4n) is 1.49. The van der Waals surface area contributed by atoms with Gasteiger partial charge in [0.2, 0.25) is 0 Å².